The van der Waals surface area contributed by atoms with Crippen LogP contribution in [-0.4, -0.2) is 30.1 Å². The number of rotatable bonds is 6. The molecule has 0 radical (unpaired) electrons. The fourth-order valence-corrected chi connectivity index (χ4v) is 2.15. The highest BCUT2D eigenvalue weighted by atomic mass is 19.4. The van der Waals surface area contributed by atoms with E-state index < -0.39 is 31.1 Å². The molecule has 0 aliphatic rings. The molecular formula is C18H14F4N2O2. The van der Waals surface area contributed by atoms with Crippen LogP contribution in [0.1, 0.15) is 11.1 Å². The Morgan fingerprint density at radius 3 is 2.35 bits per heavy atom. The third kappa shape index (κ3) is 5.77. The summed E-state index contributed by atoms with van der Waals surface area (Å²) in [7, 11) is 0. The predicted octanol–water partition coefficient (Wildman–Crippen LogP) is 3.67. The maximum Gasteiger partial charge on any atom is 0.406 e. The number of nitriles is 1. The summed E-state index contributed by atoms with van der Waals surface area (Å²) in [4.78, 5) is 12.7. The number of ether oxygens (including phenoxy) is 1. The van der Waals surface area contributed by atoms with Crippen LogP contribution in [0.15, 0.2) is 48.5 Å². The second-order valence-corrected chi connectivity index (χ2v) is 5.39. The van der Waals surface area contributed by atoms with Crippen LogP contribution in [0.5, 0.6) is 5.75 Å². The van der Waals surface area contributed by atoms with E-state index in [1.165, 1.54) is 42.5 Å². The molecule has 0 unspecified atom stereocenters. The molecule has 1 amide bonds. The van der Waals surface area contributed by atoms with Crippen LogP contribution in [-0.2, 0) is 11.3 Å². The van der Waals surface area contributed by atoms with E-state index in [-0.39, 0.29) is 12.3 Å². The Morgan fingerprint density at radius 2 is 1.77 bits per heavy atom. The molecule has 0 heterocycles. The standard InChI is InChI=1S/C18H14F4N2O2/c19-15-3-1-2-4-16(15)26-11-17(25)24(12-18(20,21)22)10-14-7-5-13(9-23)6-8-14/h1-8H,10-12H2. The number of alkyl halides is 3. The number of halogens is 4. The molecule has 8 heteroatoms. The van der Waals surface area contributed by atoms with Gasteiger partial charge in [0.05, 0.1) is 11.6 Å². The molecule has 0 bridgehead atoms. The fourth-order valence-electron chi connectivity index (χ4n) is 2.15. The van der Waals surface area contributed by atoms with Crippen LogP contribution in [0.25, 0.3) is 0 Å². The highest BCUT2D eigenvalue weighted by Crippen LogP contribution is 2.20. The van der Waals surface area contributed by atoms with Gasteiger partial charge in [-0.05, 0) is 29.8 Å². The minimum atomic E-state index is -4.60. The van der Waals surface area contributed by atoms with Crippen molar-refractivity contribution in [3.05, 3.63) is 65.5 Å². The van der Waals surface area contributed by atoms with Gasteiger partial charge in [-0.25, -0.2) is 4.39 Å². The number of nitrogens with zero attached hydrogens (tertiary/aromatic N) is 2. The number of benzene rings is 2. The van der Waals surface area contributed by atoms with Crippen molar-refractivity contribution in [3.63, 3.8) is 0 Å². The summed E-state index contributed by atoms with van der Waals surface area (Å²) >= 11 is 0. The SMILES string of the molecule is N#Cc1ccc(CN(CC(F)(F)F)C(=O)COc2ccccc2F)cc1. The molecule has 0 N–H and O–H groups in total. The van der Waals surface area contributed by atoms with Gasteiger partial charge in [0, 0.05) is 6.54 Å². The molecular weight excluding hydrogens is 352 g/mol. The van der Waals surface area contributed by atoms with Gasteiger partial charge >= 0.3 is 6.18 Å². The van der Waals surface area contributed by atoms with E-state index in [0.717, 1.165) is 6.07 Å². The van der Waals surface area contributed by atoms with Crippen molar-refractivity contribution in [2.45, 2.75) is 12.7 Å². The van der Waals surface area contributed by atoms with Gasteiger partial charge in [0.15, 0.2) is 18.2 Å². The maximum atomic E-state index is 13.5. The molecule has 0 aliphatic carbocycles. The third-order valence-corrected chi connectivity index (χ3v) is 3.37. The Balaban J connectivity index is 2.08. The van der Waals surface area contributed by atoms with Crippen LogP contribution < -0.4 is 4.74 Å². The van der Waals surface area contributed by atoms with E-state index in [1.54, 1.807) is 0 Å². The first-order valence-corrected chi connectivity index (χ1v) is 7.49. The summed E-state index contributed by atoms with van der Waals surface area (Å²) in [5, 5.41) is 8.74. The lowest BCUT2D eigenvalue weighted by atomic mass is 10.1. The van der Waals surface area contributed by atoms with E-state index >= 15 is 0 Å². The Kier molecular flexibility index (Phi) is 6.17. The first kappa shape index (κ1) is 19.2. The average Bonchev–Trinajstić information content (AvgIpc) is 2.59. The topological polar surface area (TPSA) is 53.3 Å². The molecule has 0 atom stereocenters. The van der Waals surface area contributed by atoms with Crippen molar-refractivity contribution in [3.8, 4) is 11.8 Å². The van der Waals surface area contributed by atoms with Gasteiger partial charge in [-0.1, -0.05) is 24.3 Å². The van der Waals surface area contributed by atoms with E-state index in [2.05, 4.69) is 0 Å². The monoisotopic (exact) mass is 366 g/mol. The van der Waals surface area contributed by atoms with Gasteiger partial charge in [-0.2, -0.15) is 18.4 Å². The van der Waals surface area contributed by atoms with E-state index in [1.807, 2.05) is 6.07 Å². The van der Waals surface area contributed by atoms with Gasteiger partial charge in [-0.3, -0.25) is 4.79 Å². The minimum Gasteiger partial charge on any atom is -0.481 e. The molecule has 136 valence electrons. The highest BCUT2D eigenvalue weighted by molar-refractivity contribution is 5.77. The lowest BCUT2D eigenvalue weighted by Gasteiger charge is -2.24. The highest BCUT2D eigenvalue weighted by Gasteiger charge is 2.33. The first-order valence-electron chi connectivity index (χ1n) is 7.49. The lowest BCUT2D eigenvalue weighted by Crippen LogP contribution is -2.41. The van der Waals surface area contributed by atoms with Crippen molar-refractivity contribution in [1.82, 2.24) is 4.90 Å². The Labute approximate surface area is 147 Å². The van der Waals surface area contributed by atoms with Crippen molar-refractivity contribution in [2.24, 2.45) is 0 Å². The molecule has 0 spiro atoms. The second-order valence-electron chi connectivity index (χ2n) is 5.39. The Bertz CT molecular complexity index is 798. The lowest BCUT2D eigenvalue weighted by molar-refractivity contribution is -0.163. The summed E-state index contributed by atoms with van der Waals surface area (Å²) in [5.41, 5.74) is 0.776. The summed E-state index contributed by atoms with van der Waals surface area (Å²) in [5.74, 6) is -1.86. The van der Waals surface area contributed by atoms with Crippen LogP contribution in [0, 0.1) is 17.1 Å². The zero-order valence-electron chi connectivity index (χ0n) is 13.5. The molecule has 0 aliphatic heterocycles. The van der Waals surface area contributed by atoms with Gasteiger partial charge in [0.1, 0.15) is 6.54 Å². The summed E-state index contributed by atoms with van der Waals surface area (Å²) in [6.45, 7) is -2.51. The molecule has 2 aromatic rings. The number of para-hydroxylation sites is 1. The Morgan fingerprint density at radius 1 is 1.12 bits per heavy atom. The van der Waals surface area contributed by atoms with E-state index in [0.29, 0.717) is 16.0 Å². The molecule has 26 heavy (non-hydrogen) atoms. The number of amides is 1. The average molecular weight is 366 g/mol. The van der Waals surface area contributed by atoms with Crippen LogP contribution >= 0.6 is 0 Å². The second kappa shape index (κ2) is 8.34. The summed E-state index contributed by atoms with van der Waals surface area (Å²) < 4.78 is 56.8. The normalized spacial score (nSPS) is 10.9. The van der Waals surface area contributed by atoms with Crippen molar-refractivity contribution < 1.29 is 27.1 Å². The fraction of sp³-hybridized carbons (Fsp3) is 0.222. The van der Waals surface area contributed by atoms with Crippen molar-refractivity contribution in [1.29, 1.82) is 5.26 Å². The number of carbonyl (C=O) groups excluding carboxylic acids is 1. The molecule has 2 rings (SSSR count). The quantitative estimate of drug-likeness (QED) is 0.733. The number of carbonyl (C=O) groups is 1. The van der Waals surface area contributed by atoms with Gasteiger partial charge < -0.3 is 9.64 Å². The van der Waals surface area contributed by atoms with Crippen molar-refractivity contribution >= 4 is 5.91 Å². The van der Waals surface area contributed by atoms with Crippen LogP contribution in [0.4, 0.5) is 17.6 Å². The number of hydrogen-bond donors (Lipinski definition) is 0. The predicted molar refractivity (Wildman–Crippen MR) is 84.5 cm³/mol. The molecule has 0 saturated carbocycles. The largest absolute Gasteiger partial charge is 0.481 e. The van der Waals surface area contributed by atoms with E-state index in [4.69, 9.17) is 10.00 Å². The smallest absolute Gasteiger partial charge is 0.406 e. The third-order valence-electron chi connectivity index (χ3n) is 3.37. The van der Waals surface area contributed by atoms with Gasteiger partial charge in [-0.15, -0.1) is 0 Å². The maximum absolute atomic E-state index is 13.5. The zero-order chi connectivity index (χ0) is 19.2. The molecule has 2 aromatic carbocycles. The van der Waals surface area contributed by atoms with E-state index in [9.17, 15) is 22.4 Å². The molecule has 0 aromatic heterocycles. The summed E-state index contributed by atoms with van der Waals surface area (Å²) in [6, 6.07) is 13.0. The molecule has 4 nitrogen and oxygen atoms in total. The van der Waals surface area contributed by atoms with Crippen molar-refractivity contribution in [2.75, 3.05) is 13.2 Å². The zero-order valence-corrected chi connectivity index (χ0v) is 13.5. The molecule has 0 saturated heterocycles. The van der Waals surface area contributed by atoms with Gasteiger partial charge in [0.25, 0.3) is 5.91 Å². The van der Waals surface area contributed by atoms with Gasteiger partial charge in [0.2, 0.25) is 0 Å². The Hall–Kier alpha value is -3.08. The number of hydrogen-bond acceptors (Lipinski definition) is 3. The van der Waals surface area contributed by atoms with Crippen LogP contribution in [0.2, 0.25) is 0 Å². The summed E-state index contributed by atoms with van der Waals surface area (Å²) in [6.07, 6.45) is -4.60. The first-order chi connectivity index (χ1) is 12.3. The minimum absolute atomic E-state index is 0.216. The van der Waals surface area contributed by atoms with Crippen LogP contribution in [0.3, 0.4) is 0 Å². The molecule has 0 fully saturated rings.